The van der Waals surface area contributed by atoms with Gasteiger partial charge >= 0.3 is 0 Å². The Hall–Kier alpha value is -0.0800. The fourth-order valence-corrected chi connectivity index (χ4v) is 0.486. The maximum absolute atomic E-state index is 7.24. The van der Waals surface area contributed by atoms with Gasteiger partial charge in [-0.15, -0.1) is 0 Å². The Morgan fingerprint density at radius 2 is 3.14 bits per heavy atom. The first-order chi connectivity index (χ1) is 5.02. The van der Waals surface area contributed by atoms with Crippen LogP contribution in [-0.2, 0) is 4.74 Å². The predicted octanol–water partition coefficient (Wildman–Crippen LogP) is -0.00530. The third-order valence-corrected chi connectivity index (χ3v) is 0.816. The molecule has 42 valence electrons. The molecule has 2 nitrogen and oxygen atoms in total. The molecule has 2 heteroatoms. The monoisotopic (exact) mass is 105 g/mol. The molecule has 1 aliphatic rings. The lowest BCUT2D eigenvalue weighted by Crippen LogP contribution is -2.38. The molecule has 1 rings (SSSR count). The summed E-state index contributed by atoms with van der Waals surface area (Å²) in [5, 5.41) is 2.73. The third-order valence-electron chi connectivity index (χ3n) is 0.816. The van der Waals surface area contributed by atoms with Gasteiger partial charge in [0.25, 0.3) is 0 Å². The summed E-state index contributed by atoms with van der Waals surface area (Å²) in [5.74, 6) is 0. The fourth-order valence-electron chi connectivity index (χ4n) is 0.486. The van der Waals surface area contributed by atoms with Crippen molar-refractivity contribution < 1.29 is 10.2 Å². The van der Waals surface area contributed by atoms with Gasteiger partial charge < -0.3 is 10.1 Å². The number of hydrogen-bond donors (Lipinski definition) is 1. The summed E-state index contributed by atoms with van der Waals surface area (Å²) in [6, 6.07) is -0.837. The van der Waals surface area contributed by atoms with E-state index in [2.05, 4.69) is 5.32 Å². The van der Waals surface area contributed by atoms with E-state index < -0.39 is 19.5 Å². The lowest BCUT2D eigenvalue weighted by atomic mass is 10.3. The van der Waals surface area contributed by atoms with Crippen molar-refractivity contribution in [2.45, 2.75) is 12.9 Å². The zero-order valence-electron chi connectivity index (χ0n) is 7.98. The van der Waals surface area contributed by atoms with Crippen LogP contribution in [0.4, 0.5) is 0 Å². The Labute approximate surface area is 49.5 Å². The Kier molecular flexibility index (Phi) is 0.664. The van der Waals surface area contributed by atoms with Crippen molar-refractivity contribution in [3.8, 4) is 0 Å². The highest BCUT2D eigenvalue weighted by Gasteiger charge is 2.04. The molecule has 1 N–H and O–H groups in total. The van der Waals surface area contributed by atoms with Gasteiger partial charge in [-0.1, -0.05) is 0 Å². The summed E-state index contributed by atoms with van der Waals surface area (Å²) in [4.78, 5) is 0. The summed E-state index contributed by atoms with van der Waals surface area (Å²) >= 11 is 0. The van der Waals surface area contributed by atoms with Crippen LogP contribution in [0.3, 0.4) is 0 Å². The molecule has 2 atom stereocenters. The average Bonchev–Trinajstić information content (AvgIpc) is 1.86. The molecule has 1 fully saturated rings. The lowest BCUT2D eigenvalue weighted by Gasteiger charge is -2.19. The Morgan fingerprint density at radius 3 is 3.71 bits per heavy atom. The summed E-state index contributed by atoms with van der Waals surface area (Å²) < 4.78 is 33.2. The van der Waals surface area contributed by atoms with Crippen LogP contribution in [0.1, 0.15) is 12.3 Å². The van der Waals surface area contributed by atoms with Crippen molar-refractivity contribution in [2.24, 2.45) is 0 Å². The van der Waals surface area contributed by atoms with Crippen LogP contribution in [0.25, 0.3) is 0 Å². The maximum Gasteiger partial charge on any atom is 0.0617 e. The first-order valence-electron chi connectivity index (χ1n) is 4.37. The highest BCUT2D eigenvalue weighted by molar-refractivity contribution is 4.62. The molecule has 1 saturated heterocycles. The number of ether oxygens (including phenoxy) is 1. The van der Waals surface area contributed by atoms with Crippen LogP contribution in [-0.4, -0.2) is 25.8 Å². The van der Waals surface area contributed by atoms with Gasteiger partial charge in [0, 0.05) is 16.7 Å². The van der Waals surface area contributed by atoms with Crippen molar-refractivity contribution in [1.82, 2.24) is 5.32 Å². The van der Waals surface area contributed by atoms with E-state index in [0.29, 0.717) is 13.2 Å². The minimum Gasteiger partial charge on any atom is -0.379 e. The molecule has 7 heavy (non-hydrogen) atoms. The summed E-state index contributed by atoms with van der Waals surface area (Å²) in [7, 11) is 0. The highest BCUT2D eigenvalue weighted by atomic mass is 16.5. The number of nitrogens with one attached hydrogen (secondary N) is 1. The van der Waals surface area contributed by atoms with Gasteiger partial charge in [-0.05, 0) is 6.85 Å². The molecule has 0 aromatic rings. The predicted molar refractivity (Wildman–Crippen MR) is 28.3 cm³/mol. The topological polar surface area (TPSA) is 21.3 Å². The van der Waals surface area contributed by atoms with E-state index in [4.69, 9.17) is 10.2 Å². The quantitative estimate of drug-likeness (QED) is 0.468. The van der Waals surface area contributed by atoms with Crippen LogP contribution in [0.5, 0.6) is 0 Å². The average molecular weight is 105 g/mol. The van der Waals surface area contributed by atoms with E-state index in [9.17, 15) is 0 Å². The van der Waals surface area contributed by atoms with Gasteiger partial charge in [0.15, 0.2) is 0 Å². The largest absolute Gasteiger partial charge is 0.379 e. The number of rotatable bonds is 0. The normalized spacial score (nSPS) is 53.7. The van der Waals surface area contributed by atoms with Crippen molar-refractivity contribution in [3.63, 3.8) is 0 Å². The van der Waals surface area contributed by atoms with E-state index >= 15 is 0 Å². The fraction of sp³-hybridized carbons (Fsp3) is 1.00. The smallest absolute Gasteiger partial charge is 0.0617 e. The van der Waals surface area contributed by atoms with E-state index in [1.165, 1.54) is 0 Å². The standard InChI is InChI=1S/C5H11NO/c1-5-4-7-3-2-6-5/h5-6H,2-4H2,1H3/i1D3,4D. The molecule has 0 bridgehead atoms. The van der Waals surface area contributed by atoms with E-state index in [1.54, 1.807) is 0 Å². The van der Waals surface area contributed by atoms with Gasteiger partial charge in [0.05, 0.1) is 14.6 Å². The lowest BCUT2D eigenvalue weighted by molar-refractivity contribution is 0.0824. The molecular weight excluding hydrogens is 90.1 g/mol. The molecule has 0 saturated carbocycles. The minimum atomic E-state index is -2.13. The molecule has 2 unspecified atom stereocenters. The van der Waals surface area contributed by atoms with Gasteiger partial charge in [-0.3, -0.25) is 0 Å². The molecule has 0 radical (unpaired) electrons. The van der Waals surface area contributed by atoms with Crippen molar-refractivity contribution in [2.75, 3.05) is 19.7 Å². The molecule has 1 aliphatic heterocycles. The Balaban J connectivity index is 2.55. The van der Waals surface area contributed by atoms with Gasteiger partial charge in [0.1, 0.15) is 0 Å². The first kappa shape index (κ1) is 2.03. The first-order valence-corrected chi connectivity index (χ1v) is 2.29. The summed E-state index contributed by atoms with van der Waals surface area (Å²) in [5.41, 5.74) is 0. The van der Waals surface area contributed by atoms with Crippen LogP contribution in [0.2, 0.25) is 0 Å². The number of hydrogen-bond acceptors (Lipinski definition) is 2. The van der Waals surface area contributed by atoms with Crippen LogP contribution in [0.15, 0.2) is 0 Å². The molecule has 1 heterocycles. The molecule has 0 aliphatic carbocycles. The zero-order chi connectivity index (χ0) is 8.48. The molecule has 0 aromatic heterocycles. The van der Waals surface area contributed by atoms with Gasteiger partial charge in [-0.25, -0.2) is 0 Å². The van der Waals surface area contributed by atoms with Gasteiger partial charge in [-0.2, -0.15) is 0 Å². The van der Waals surface area contributed by atoms with Crippen LogP contribution < -0.4 is 5.32 Å². The Morgan fingerprint density at radius 1 is 2.14 bits per heavy atom. The second kappa shape index (κ2) is 2.28. The van der Waals surface area contributed by atoms with Crippen molar-refractivity contribution in [3.05, 3.63) is 0 Å². The molecular formula is C5H11NO. The van der Waals surface area contributed by atoms with Crippen LogP contribution in [0, 0.1) is 0 Å². The van der Waals surface area contributed by atoms with Crippen molar-refractivity contribution >= 4 is 0 Å². The summed E-state index contributed by atoms with van der Waals surface area (Å²) in [6.07, 6.45) is 0. The third kappa shape index (κ3) is 1.45. The van der Waals surface area contributed by atoms with E-state index in [1.807, 2.05) is 0 Å². The minimum absolute atomic E-state index is 0.417. The molecule has 0 amide bonds. The van der Waals surface area contributed by atoms with E-state index in [-0.39, 0.29) is 0 Å². The summed E-state index contributed by atoms with van der Waals surface area (Å²) in [6.45, 7) is -2.16. The molecule has 0 aromatic carbocycles. The van der Waals surface area contributed by atoms with Crippen LogP contribution >= 0.6 is 0 Å². The molecule has 0 spiro atoms. The number of morpholine rings is 1. The SMILES string of the molecule is [2H]C1OCCNC1C([2H])([2H])[2H]. The highest BCUT2D eigenvalue weighted by Crippen LogP contribution is 1.88. The van der Waals surface area contributed by atoms with Gasteiger partial charge in [0.2, 0.25) is 0 Å². The maximum atomic E-state index is 7.24. The zero-order valence-corrected chi connectivity index (χ0v) is 3.98. The second-order valence-corrected chi connectivity index (χ2v) is 1.44. The van der Waals surface area contributed by atoms with E-state index in [0.717, 1.165) is 0 Å². The van der Waals surface area contributed by atoms with Crippen molar-refractivity contribution in [1.29, 1.82) is 0 Å². The Bertz CT molecular complexity index is 137. The second-order valence-electron chi connectivity index (χ2n) is 1.44.